The maximum atomic E-state index is 11.9. The predicted octanol–water partition coefficient (Wildman–Crippen LogP) is 1.94. The number of fused-ring (bicyclic) bond motifs is 1. The Labute approximate surface area is 129 Å². The van der Waals surface area contributed by atoms with Crippen molar-refractivity contribution in [3.63, 3.8) is 0 Å². The molecule has 0 bridgehead atoms. The molecule has 4 rings (SSSR count). The predicted molar refractivity (Wildman–Crippen MR) is 84.7 cm³/mol. The standard InChI is InChI=1S/C16H21N5O/c1-11(22)20-8-2-4-13(20)14-5-3-9-21(14)16-12-6-7-17-15(12)18-10-19-16/h6-7,10,13-14H,2-5,8-9H2,1H3,(H,17,18,19)/t13-,14+/m0/s1. The van der Waals surface area contributed by atoms with Crippen LogP contribution in [0, 0.1) is 0 Å². The maximum Gasteiger partial charge on any atom is 0.219 e. The molecule has 2 aromatic rings. The summed E-state index contributed by atoms with van der Waals surface area (Å²) in [5.41, 5.74) is 0.880. The first kappa shape index (κ1) is 13.5. The van der Waals surface area contributed by atoms with Crippen molar-refractivity contribution in [3.05, 3.63) is 18.6 Å². The topological polar surface area (TPSA) is 65.1 Å². The zero-order valence-corrected chi connectivity index (χ0v) is 12.8. The monoisotopic (exact) mass is 299 g/mol. The third kappa shape index (κ3) is 2.05. The minimum Gasteiger partial charge on any atom is -0.351 e. The van der Waals surface area contributed by atoms with Crippen LogP contribution in [0.4, 0.5) is 5.82 Å². The zero-order valence-electron chi connectivity index (χ0n) is 12.8. The van der Waals surface area contributed by atoms with E-state index in [0.29, 0.717) is 12.1 Å². The van der Waals surface area contributed by atoms with Gasteiger partial charge >= 0.3 is 0 Å². The van der Waals surface area contributed by atoms with E-state index in [9.17, 15) is 4.79 Å². The number of anilines is 1. The number of rotatable bonds is 2. The van der Waals surface area contributed by atoms with Crippen molar-refractivity contribution < 1.29 is 4.79 Å². The van der Waals surface area contributed by atoms with Crippen molar-refractivity contribution in [2.45, 2.75) is 44.7 Å². The molecule has 2 aliphatic rings. The molecule has 0 aromatic carbocycles. The van der Waals surface area contributed by atoms with Gasteiger partial charge < -0.3 is 14.8 Å². The second-order valence-corrected chi connectivity index (χ2v) is 6.26. The molecule has 0 saturated carbocycles. The Morgan fingerprint density at radius 2 is 2.05 bits per heavy atom. The minimum absolute atomic E-state index is 0.198. The van der Waals surface area contributed by atoms with Gasteiger partial charge in [0.05, 0.1) is 17.5 Å². The maximum absolute atomic E-state index is 11.9. The number of carbonyl (C=O) groups excluding carboxylic acids is 1. The molecule has 6 nitrogen and oxygen atoms in total. The number of hydrogen-bond acceptors (Lipinski definition) is 4. The normalized spacial score (nSPS) is 25.3. The number of likely N-dealkylation sites (tertiary alicyclic amines) is 1. The molecule has 6 heteroatoms. The van der Waals surface area contributed by atoms with E-state index in [1.165, 1.54) is 0 Å². The fourth-order valence-electron chi connectivity index (χ4n) is 4.13. The Morgan fingerprint density at radius 1 is 1.23 bits per heavy atom. The van der Waals surface area contributed by atoms with Crippen LogP contribution < -0.4 is 4.90 Å². The molecule has 116 valence electrons. The lowest BCUT2D eigenvalue weighted by atomic mass is 10.0. The highest BCUT2D eigenvalue weighted by atomic mass is 16.2. The molecule has 2 fully saturated rings. The minimum atomic E-state index is 0.198. The summed E-state index contributed by atoms with van der Waals surface area (Å²) in [6, 6.07) is 2.74. The van der Waals surface area contributed by atoms with Gasteiger partial charge in [-0.1, -0.05) is 0 Å². The van der Waals surface area contributed by atoms with Crippen LogP contribution >= 0.6 is 0 Å². The number of hydrogen-bond donors (Lipinski definition) is 1. The third-order valence-corrected chi connectivity index (χ3v) is 5.05. The molecule has 0 radical (unpaired) electrons. The summed E-state index contributed by atoms with van der Waals surface area (Å²) in [6.45, 7) is 3.59. The van der Waals surface area contributed by atoms with Crippen LogP contribution in [-0.2, 0) is 4.79 Å². The Balaban J connectivity index is 1.69. The number of carbonyl (C=O) groups is 1. The van der Waals surface area contributed by atoms with Crippen molar-refractivity contribution in [3.8, 4) is 0 Å². The van der Waals surface area contributed by atoms with E-state index >= 15 is 0 Å². The lowest BCUT2D eigenvalue weighted by Crippen LogP contribution is -2.48. The average molecular weight is 299 g/mol. The first-order chi connectivity index (χ1) is 10.8. The molecule has 0 aliphatic carbocycles. The van der Waals surface area contributed by atoms with Gasteiger partial charge in [-0.2, -0.15) is 0 Å². The SMILES string of the molecule is CC(=O)N1CCC[C@H]1[C@H]1CCCN1c1ncnc2[nH]ccc12. The van der Waals surface area contributed by atoms with Crippen LogP contribution in [0.2, 0.25) is 0 Å². The smallest absolute Gasteiger partial charge is 0.219 e. The van der Waals surface area contributed by atoms with Crippen molar-refractivity contribution in [1.29, 1.82) is 0 Å². The van der Waals surface area contributed by atoms with Crippen molar-refractivity contribution in [2.24, 2.45) is 0 Å². The number of aromatic nitrogens is 3. The van der Waals surface area contributed by atoms with Gasteiger partial charge in [0.2, 0.25) is 5.91 Å². The van der Waals surface area contributed by atoms with Gasteiger partial charge in [0.15, 0.2) is 0 Å². The van der Waals surface area contributed by atoms with Crippen molar-refractivity contribution in [1.82, 2.24) is 19.9 Å². The molecule has 0 spiro atoms. The van der Waals surface area contributed by atoms with Crippen LogP contribution in [0.25, 0.3) is 11.0 Å². The molecule has 1 amide bonds. The molecule has 1 N–H and O–H groups in total. The second kappa shape index (κ2) is 5.26. The van der Waals surface area contributed by atoms with Gasteiger partial charge in [0, 0.05) is 26.2 Å². The summed E-state index contributed by atoms with van der Waals surface area (Å²) in [6.07, 6.45) is 8.03. The summed E-state index contributed by atoms with van der Waals surface area (Å²) in [5.74, 6) is 1.20. The molecule has 2 aliphatic heterocycles. The van der Waals surface area contributed by atoms with Crippen LogP contribution in [-0.4, -0.2) is 50.9 Å². The summed E-state index contributed by atoms with van der Waals surface area (Å²) in [5, 5.41) is 1.07. The summed E-state index contributed by atoms with van der Waals surface area (Å²) >= 11 is 0. The fraction of sp³-hybridized carbons (Fsp3) is 0.562. The summed E-state index contributed by atoms with van der Waals surface area (Å²) in [7, 11) is 0. The van der Waals surface area contributed by atoms with Crippen LogP contribution in [0.5, 0.6) is 0 Å². The van der Waals surface area contributed by atoms with Crippen LogP contribution in [0.3, 0.4) is 0 Å². The van der Waals surface area contributed by atoms with Gasteiger partial charge in [0.25, 0.3) is 0 Å². The van der Waals surface area contributed by atoms with Crippen LogP contribution in [0.15, 0.2) is 18.6 Å². The lowest BCUT2D eigenvalue weighted by Gasteiger charge is -2.35. The van der Waals surface area contributed by atoms with Crippen molar-refractivity contribution >= 4 is 22.8 Å². The number of amides is 1. The van der Waals surface area contributed by atoms with E-state index in [1.807, 2.05) is 12.3 Å². The molecule has 4 heterocycles. The highest BCUT2D eigenvalue weighted by Gasteiger charge is 2.39. The van der Waals surface area contributed by atoms with E-state index < -0.39 is 0 Å². The molecule has 2 saturated heterocycles. The van der Waals surface area contributed by atoms with E-state index in [0.717, 1.165) is 55.6 Å². The Bertz CT molecular complexity index is 697. The molecule has 22 heavy (non-hydrogen) atoms. The van der Waals surface area contributed by atoms with Gasteiger partial charge in [-0.05, 0) is 31.7 Å². The van der Waals surface area contributed by atoms with E-state index in [1.54, 1.807) is 13.3 Å². The van der Waals surface area contributed by atoms with E-state index in [-0.39, 0.29) is 5.91 Å². The zero-order chi connectivity index (χ0) is 15.1. The fourth-order valence-corrected chi connectivity index (χ4v) is 4.13. The molecule has 0 unspecified atom stereocenters. The van der Waals surface area contributed by atoms with E-state index in [4.69, 9.17) is 0 Å². The molecule has 2 atom stereocenters. The number of H-pyrrole nitrogens is 1. The third-order valence-electron chi connectivity index (χ3n) is 5.05. The molecular formula is C16H21N5O. The highest BCUT2D eigenvalue weighted by molar-refractivity contribution is 5.87. The average Bonchev–Trinajstić information content (AvgIpc) is 3.25. The Hall–Kier alpha value is -2.11. The first-order valence-corrected chi connectivity index (χ1v) is 8.07. The lowest BCUT2D eigenvalue weighted by molar-refractivity contribution is -0.129. The number of aromatic amines is 1. The van der Waals surface area contributed by atoms with Gasteiger partial charge in [-0.3, -0.25) is 4.79 Å². The first-order valence-electron chi connectivity index (χ1n) is 8.07. The Morgan fingerprint density at radius 3 is 2.91 bits per heavy atom. The second-order valence-electron chi connectivity index (χ2n) is 6.26. The van der Waals surface area contributed by atoms with Gasteiger partial charge in [0.1, 0.15) is 17.8 Å². The summed E-state index contributed by atoms with van der Waals surface area (Å²) < 4.78 is 0. The quantitative estimate of drug-likeness (QED) is 0.920. The highest BCUT2D eigenvalue weighted by Crippen LogP contribution is 2.35. The van der Waals surface area contributed by atoms with Gasteiger partial charge in [-0.25, -0.2) is 9.97 Å². The van der Waals surface area contributed by atoms with Gasteiger partial charge in [-0.15, -0.1) is 0 Å². The Kier molecular flexibility index (Phi) is 3.24. The number of nitrogens with one attached hydrogen (secondary N) is 1. The largest absolute Gasteiger partial charge is 0.351 e. The summed E-state index contributed by atoms with van der Waals surface area (Å²) in [4.78, 5) is 28.3. The van der Waals surface area contributed by atoms with Crippen LogP contribution in [0.1, 0.15) is 32.6 Å². The number of nitrogens with zero attached hydrogens (tertiary/aromatic N) is 4. The molecular weight excluding hydrogens is 278 g/mol. The van der Waals surface area contributed by atoms with Crippen molar-refractivity contribution in [2.75, 3.05) is 18.0 Å². The molecule has 2 aromatic heterocycles. The van der Waals surface area contributed by atoms with E-state index in [2.05, 4.69) is 24.8 Å².